The highest BCUT2D eigenvalue weighted by atomic mass is 35.5. The molecule has 0 aliphatic carbocycles. The first kappa shape index (κ1) is 14.0. The molecule has 0 fully saturated rings. The van der Waals surface area contributed by atoms with Crippen molar-refractivity contribution in [1.29, 1.82) is 0 Å². The molecule has 100 valence electrons. The Labute approximate surface area is 120 Å². The maximum absolute atomic E-state index is 6.26. The van der Waals surface area contributed by atoms with Crippen molar-refractivity contribution in [3.05, 3.63) is 63.7 Å². The van der Waals surface area contributed by atoms with Crippen molar-refractivity contribution in [2.75, 3.05) is 5.32 Å². The van der Waals surface area contributed by atoms with E-state index in [9.17, 15) is 0 Å². The van der Waals surface area contributed by atoms with E-state index in [-0.39, 0.29) is 6.04 Å². The van der Waals surface area contributed by atoms with Crippen molar-refractivity contribution in [2.45, 2.75) is 33.7 Å². The minimum atomic E-state index is 0.234. The van der Waals surface area contributed by atoms with Gasteiger partial charge in [0.25, 0.3) is 0 Å². The molecule has 0 spiro atoms. The molecule has 2 rings (SSSR count). The molecular formula is C17H20ClN. The smallest absolute Gasteiger partial charge is 0.0640 e. The highest BCUT2D eigenvalue weighted by Gasteiger charge is 2.10. The summed E-state index contributed by atoms with van der Waals surface area (Å²) >= 11 is 6.26. The topological polar surface area (TPSA) is 12.0 Å². The Kier molecular flexibility index (Phi) is 4.16. The van der Waals surface area contributed by atoms with Crippen LogP contribution in [0.3, 0.4) is 0 Å². The summed E-state index contributed by atoms with van der Waals surface area (Å²) in [5.41, 5.74) is 6.12. The molecule has 2 heteroatoms. The molecule has 0 heterocycles. The molecule has 0 aliphatic rings. The molecule has 1 N–H and O–H groups in total. The summed E-state index contributed by atoms with van der Waals surface area (Å²) in [5.74, 6) is 0. The second-order valence-electron chi connectivity index (χ2n) is 5.14. The van der Waals surface area contributed by atoms with Crippen LogP contribution in [0, 0.1) is 20.8 Å². The van der Waals surface area contributed by atoms with Crippen molar-refractivity contribution in [2.24, 2.45) is 0 Å². The number of anilines is 1. The van der Waals surface area contributed by atoms with Gasteiger partial charge in [0.1, 0.15) is 0 Å². The maximum atomic E-state index is 6.26. The van der Waals surface area contributed by atoms with E-state index < -0.39 is 0 Å². The molecule has 19 heavy (non-hydrogen) atoms. The third-order valence-electron chi connectivity index (χ3n) is 3.61. The van der Waals surface area contributed by atoms with Gasteiger partial charge in [0, 0.05) is 6.04 Å². The Morgan fingerprint density at radius 2 is 1.68 bits per heavy atom. The van der Waals surface area contributed by atoms with Gasteiger partial charge in [-0.2, -0.15) is 0 Å². The lowest BCUT2D eigenvalue weighted by Gasteiger charge is -2.19. The number of hydrogen-bond acceptors (Lipinski definition) is 1. The van der Waals surface area contributed by atoms with Gasteiger partial charge in [-0.05, 0) is 56.0 Å². The molecule has 0 aliphatic heterocycles. The fraction of sp³-hybridized carbons (Fsp3) is 0.294. The zero-order valence-electron chi connectivity index (χ0n) is 11.9. The first-order valence-electron chi connectivity index (χ1n) is 6.58. The minimum absolute atomic E-state index is 0.234. The largest absolute Gasteiger partial charge is 0.377 e. The lowest BCUT2D eigenvalue weighted by Crippen LogP contribution is -2.08. The van der Waals surface area contributed by atoms with Crippen molar-refractivity contribution in [1.82, 2.24) is 0 Å². The summed E-state index contributed by atoms with van der Waals surface area (Å²) in [5, 5.41) is 4.28. The molecule has 0 bridgehead atoms. The SMILES string of the molecule is Cc1ccc(C(C)Nc2c(C)cccc2Cl)cc1C. The summed E-state index contributed by atoms with van der Waals surface area (Å²) < 4.78 is 0. The van der Waals surface area contributed by atoms with Gasteiger partial charge in [-0.15, -0.1) is 0 Å². The summed E-state index contributed by atoms with van der Waals surface area (Å²) in [4.78, 5) is 0. The fourth-order valence-electron chi connectivity index (χ4n) is 2.15. The number of benzene rings is 2. The Morgan fingerprint density at radius 1 is 0.947 bits per heavy atom. The van der Waals surface area contributed by atoms with Crippen LogP contribution in [-0.2, 0) is 0 Å². The van der Waals surface area contributed by atoms with Crippen LogP contribution in [0.15, 0.2) is 36.4 Å². The van der Waals surface area contributed by atoms with E-state index in [4.69, 9.17) is 11.6 Å². The quantitative estimate of drug-likeness (QED) is 0.785. The van der Waals surface area contributed by atoms with Crippen LogP contribution < -0.4 is 5.32 Å². The highest BCUT2D eigenvalue weighted by molar-refractivity contribution is 6.33. The molecule has 1 atom stereocenters. The zero-order chi connectivity index (χ0) is 14.0. The van der Waals surface area contributed by atoms with Crippen molar-refractivity contribution < 1.29 is 0 Å². The van der Waals surface area contributed by atoms with Crippen LogP contribution in [0.5, 0.6) is 0 Å². The summed E-state index contributed by atoms with van der Waals surface area (Å²) in [6.45, 7) is 8.51. The third kappa shape index (κ3) is 3.10. The molecule has 0 saturated carbocycles. The van der Waals surface area contributed by atoms with E-state index in [0.717, 1.165) is 10.7 Å². The third-order valence-corrected chi connectivity index (χ3v) is 3.93. The zero-order valence-corrected chi connectivity index (χ0v) is 12.7. The van der Waals surface area contributed by atoms with Gasteiger partial charge in [-0.1, -0.05) is 41.9 Å². The van der Waals surface area contributed by atoms with Crippen molar-refractivity contribution in [3.8, 4) is 0 Å². The van der Waals surface area contributed by atoms with Crippen LogP contribution in [0.1, 0.15) is 35.2 Å². The molecule has 0 amide bonds. The Bertz CT molecular complexity index is 570. The van der Waals surface area contributed by atoms with Gasteiger partial charge in [0.05, 0.1) is 10.7 Å². The van der Waals surface area contributed by atoms with E-state index in [1.807, 2.05) is 12.1 Å². The Balaban J connectivity index is 2.25. The van der Waals surface area contributed by atoms with E-state index in [1.165, 1.54) is 22.3 Å². The lowest BCUT2D eigenvalue weighted by molar-refractivity contribution is 0.879. The fourth-order valence-corrected chi connectivity index (χ4v) is 2.42. The Hall–Kier alpha value is -1.47. The minimum Gasteiger partial charge on any atom is -0.377 e. The lowest BCUT2D eigenvalue weighted by atomic mass is 10.0. The van der Waals surface area contributed by atoms with Gasteiger partial charge >= 0.3 is 0 Å². The van der Waals surface area contributed by atoms with Crippen LogP contribution in [0.25, 0.3) is 0 Å². The Morgan fingerprint density at radius 3 is 2.32 bits per heavy atom. The standard InChI is InChI=1S/C17H20ClN/c1-11-8-9-15(10-13(11)3)14(4)19-17-12(2)6-5-7-16(17)18/h5-10,14,19H,1-4H3. The number of aryl methyl sites for hydroxylation is 3. The van der Waals surface area contributed by atoms with Gasteiger partial charge in [-0.3, -0.25) is 0 Å². The second-order valence-corrected chi connectivity index (χ2v) is 5.55. The van der Waals surface area contributed by atoms with E-state index >= 15 is 0 Å². The van der Waals surface area contributed by atoms with Crippen molar-refractivity contribution in [3.63, 3.8) is 0 Å². The van der Waals surface area contributed by atoms with Crippen LogP contribution >= 0.6 is 11.6 Å². The number of hydrogen-bond donors (Lipinski definition) is 1. The van der Waals surface area contributed by atoms with E-state index in [0.29, 0.717) is 0 Å². The monoisotopic (exact) mass is 273 g/mol. The summed E-state index contributed by atoms with van der Waals surface area (Å²) in [6, 6.07) is 12.8. The van der Waals surface area contributed by atoms with Crippen LogP contribution in [-0.4, -0.2) is 0 Å². The van der Waals surface area contributed by atoms with Gasteiger partial charge in [0.2, 0.25) is 0 Å². The molecular weight excluding hydrogens is 254 g/mol. The maximum Gasteiger partial charge on any atom is 0.0640 e. The van der Waals surface area contributed by atoms with Gasteiger partial charge < -0.3 is 5.32 Å². The molecule has 2 aromatic rings. The summed E-state index contributed by atoms with van der Waals surface area (Å²) in [7, 11) is 0. The normalized spacial score (nSPS) is 12.3. The first-order valence-corrected chi connectivity index (χ1v) is 6.95. The number of rotatable bonds is 3. The molecule has 0 aromatic heterocycles. The van der Waals surface area contributed by atoms with Gasteiger partial charge in [-0.25, -0.2) is 0 Å². The molecule has 0 saturated heterocycles. The number of nitrogens with one attached hydrogen (secondary N) is 1. The van der Waals surface area contributed by atoms with E-state index in [1.54, 1.807) is 0 Å². The van der Waals surface area contributed by atoms with Crippen LogP contribution in [0.2, 0.25) is 5.02 Å². The predicted molar refractivity (Wildman–Crippen MR) is 84.1 cm³/mol. The average Bonchev–Trinajstić information content (AvgIpc) is 2.37. The highest BCUT2D eigenvalue weighted by Crippen LogP contribution is 2.29. The van der Waals surface area contributed by atoms with Crippen LogP contribution in [0.4, 0.5) is 5.69 Å². The number of para-hydroxylation sites is 1. The average molecular weight is 274 g/mol. The van der Waals surface area contributed by atoms with Crippen molar-refractivity contribution >= 4 is 17.3 Å². The molecule has 0 radical (unpaired) electrons. The predicted octanol–water partition coefficient (Wildman–Crippen LogP) is 5.44. The molecule has 1 unspecified atom stereocenters. The first-order chi connectivity index (χ1) is 8.99. The van der Waals surface area contributed by atoms with Gasteiger partial charge in [0.15, 0.2) is 0 Å². The summed E-state index contributed by atoms with van der Waals surface area (Å²) in [6.07, 6.45) is 0. The molecule has 2 aromatic carbocycles. The van der Waals surface area contributed by atoms with E-state index in [2.05, 4.69) is 57.3 Å². The molecule has 1 nitrogen and oxygen atoms in total. The second kappa shape index (κ2) is 5.66. The number of halogens is 1.